The number of rotatable bonds is 4. The fraction of sp³-hybridized carbons (Fsp3) is 0.400. The van der Waals surface area contributed by atoms with Crippen LogP contribution in [0.15, 0.2) is 37.1 Å². The van der Waals surface area contributed by atoms with Gasteiger partial charge in [-0.05, 0) is 39.3 Å². The third-order valence-corrected chi connectivity index (χ3v) is 2.34. The molecule has 3 nitrogen and oxygen atoms in total. The maximum atomic E-state index is 11.8. The van der Waals surface area contributed by atoms with Gasteiger partial charge in [0.1, 0.15) is 0 Å². The summed E-state index contributed by atoms with van der Waals surface area (Å²) in [6.07, 6.45) is 0.951. The van der Waals surface area contributed by atoms with Crippen LogP contribution in [-0.2, 0) is 9.47 Å². The number of esters is 1. The molecule has 1 aromatic rings. The number of carbonyl (C=O) groups is 1. The van der Waals surface area contributed by atoms with Crippen LogP contribution >= 0.6 is 0 Å². The van der Waals surface area contributed by atoms with E-state index >= 15 is 0 Å². The Morgan fingerprint density at radius 3 is 2.50 bits per heavy atom. The highest BCUT2D eigenvalue weighted by Gasteiger charge is 2.21. The molecule has 3 heteroatoms. The lowest BCUT2D eigenvalue weighted by molar-refractivity contribution is -0.0533. The average Bonchev–Trinajstić information content (AvgIpc) is 2.27. The Bertz CT molecular complexity index is 430. The van der Waals surface area contributed by atoms with E-state index in [1.165, 1.54) is 0 Å². The maximum Gasteiger partial charge on any atom is 0.343 e. The Labute approximate surface area is 108 Å². The van der Waals surface area contributed by atoms with Crippen LogP contribution in [-0.4, -0.2) is 11.6 Å². The molecule has 0 aliphatic carbocycles. The summed E-state index contributed by atoms with van der Waals surface area (Å²) in [6, 6.07) is 7.27. The molecule has 0 aromatic heterocycles. The molecule has 0 saturated carbocycles. The molecular weight excluding hydrogens is 228 g/mol. The van der Waals surface area contributed by atoms with E-state index in [0.29, 0.717) is 5.56 Å². The summed E-state index contributed by atoms with van der Waals surface area (Å²) in [7, 11) is 0. The summed E-state index contributed by atoms with van der Waals surface area (Å²) in [6.45, 7) is 11.2. The van der Waals surface area contributed by atoms with Gasteiger partial charge in [-0.1, -0.05) is 24.8 Å². The van der Waals surface area contributed by atoms with Gasteiger partial charge in [0.15, 0.2) is 0 Å². The normalized spacial score (nSPS) is 12.9. The molecule has 0 radical (unpaired) electrons. The Hall–Kier alpha value is -1.61. The molecule has 0 saturated heterocycles. The van der Waals surface area contributed by atoms with E-state index in [0.717, 1.165) is 11.8 Å². The van der Waals surface area contributed by atoms with Crippen LogP contribution in [0.1, 0.15) is 49.7 Å². The quantitative estimate of drug-likeness (QED) is 0.599. The summed E-state index contributed by atoms with van der Waals surface area (Å²) in [5.74, 6) is -0.412. The Kier molecular flexibility index (Phi) is 4.68. The van der Waals surface area contributed by atoms with Crippen LogP contribution in [0, 0.1) is 0 Å². The number of hydrogen-bond acceptors (Lipinski definition) is 3. The molecule has 1 rings (SSSR count). The molecule has 1 unspecified atom stereocenters. The van der Waals surface area contributed by atoms with Gasteiger partial charge in [0.25, 0.3) is 0 Å². The summed E-state index contributed by atoms with van der Waals surface area (Å²) in [5, 5.41) is 0. The minimum atomic E-state index is -0.412. The zero-order valence-electron chi connectivity index (χ0n) is 11.4. The van der Waals surface area contributed by atoms with Crippen molar-refractivity contribution in [3.05, 3.63) is 48.2 Å². The van der Waals surface area contributed by atoms with E-state index < -0.39 is 5.97 Å². The Balaban J connectivity index is 3.01. The van der Waals surface area contributed by atoms with Gasteiger partial charge in [-0.25, -0.2) is 4.79 Å². The predicted octanol–water partition coefficient (Wildman–Crippen LogP) is 3.86. The standard InChI is InChI=1S/C15H20O3/c1-6-17-14(16)13-10-8-7-9-12(13)11(2)18-15(3,4)5/h6-11H,1H2,2-5H3. The largest absolute Gasteiger partial charge is 0.432 e. The van der Waals surface area contributed by atoms with E-state index in [1.807, 2.05) is 39.8 Å². The SMILES string of the molecule is C=COC(=O)c1ccccc1C(C)OC(C)(C)C. The van der Waals surface area contributed by atoms with E-state index in [9.17, 15) is 4.79 Å². The molecule has 1 aromatic carbocycles. The number of ether oxygens (including phenoxy) is 2. The maximum absolute atomic E-state index is 11.8. The van der Waals surface area contributed by atoms with Gasteiger partial charge in [0.2, 0.25) is 0 Å². The number of benzene rings is 1. The monoisotopic (exact) mass is 248 g/mol. The molecule has 0 spiro atoms. The second-order valence-corrected chi connectivity index (χ2v) is 5.03. The second-order valence-electron chi connectivity index (χ2n) is 5.03. The summed E-state index contributed by atoms with van der Waals surface area (Å²) >= 11 is 0. The van der Waals surface area contributed by atoms with Crippen molar-refractivity contribution in [1.82, 2.24) is 0 Å². The first-order valence-electron chi connectivity index (χ1n) is 5.94. The van der Waals surface area contributed by atoms with Gasteiger partial charge in [-0.15, -0.1) is 0 Å². The fourth-order valence-electron chi connectivity index (χ4n) is 1.77. The molecule has 0 aliphatic rings. The smallest absolute Gasteiger partial charge is 0.343 e. The zero-order valence-corrected chi connectivity index (χ0v) is 11.4. The lowest BCUT2D eigenvalue weighted by Crippen LogP contribution is -2.22. The van der Waals surface area contributed by atoms with Gasteiger partial charge in [-0.2, -0.15) is 0 Å². The lowest BCUT2D eigenvalue weighted by atomic mass is 10.0. The van der Waals surface area contributed by atoms with Crippen molar-refractivity contribution >= 4 is 5.97 Å². The summed E-state index contributed by atoms with van der Waals surface area (Å²) in [5.41, 5.74) is 1.06. The molecule has 0 amide bonds. The van der Waals surface area contributed by atoms with Crippen LogP contribution in [0.4, 0.5) is 0 Å². The van der Waals surface area contributed by atoms with Gasteiger partial charge in [0, 0.05) is 0 Å². The highest BCUT2D eigenvalue weighted by atomic mass is 16.5. The summed E-state index contributed by atoms with van der Waals surface area (Å²) in [4.78, 5) is 11.8. The third kappa shape index (κ3) is 4.00. The van der Waals surface area contributed by atoms with Gasteiger partial charge in [0.05, 0.1) is 23.5 Å². The zero-order chi connectivity index (χ0) is 13.8. The van der Waals surface area contributed by atoms with Crippen molar-refractivity contribution in [2.24, 2.45) is 0 Å². The molecule has 18 heavy (non-hydrogen) atoms. The summed E-state index contributed by atoms with van der Waals surface area (Å²) < 4.78 is 10.7. The lowest BCUT2D eigenvalue weighted by Gasteiger charge is -2.26. The Morgan fingerprint density at radius 2 is 1.94 bits per heavy atom. The van der Waals surface area contributed by atoms with E-state index in [4.69, 9.17) is 9.47 Å². The minimum Gasteiger partial charge on any atom is -0.432 e. The van der Waals surface area contributed by atoms with Crippen LogP contribution < -0.4 is 0 Å². The van der Waals surface area contributed by atoms with Crippen molar-refractivity contribution in [2.75, 3.05) is 0 Å². The molecule has 0 fully saturated rings. The third-order valence-electron chi connectivity index (χ3n) is 2.34. The van der Waals surface area contributed by atoms with Crippen LogP contribution in [0.3, 0.4) is 0 Å². The van der Waals surface area contributed by atoms with Crippen molar-refractivity contribution in [3.8, 4) is 0 Å². The molecule has 98 valence electrons. The molecule has 1 atom stereocenters. The second kappa shape index (κ2) is 5.83. The first-order valence-corrected chi connectivity index (χ1v) is 5.94. The van der Waals surface area contributed by atoms with Gasteiger partial charge >= 0.3 is 5.97 Å². The van der Waals surface area contributed by atoms with Crippen molar-refractivity contribution in [1.29, 1.82) is 0 Å². The predicted molar refractivity (Wildman–Crippen MR) is 71.3 cm³/mol. The topological polar surface area (TPSA) is 35.5 Å². The first kappa shape index (κ1) is 14.5. The molecular formula is C15H20O3. The minimum absolute atomic E-state index is 0.182. The number of carbonyl (C=O) groups excluding carboxylic acids is 1. The number of hydrogen-bond donors (Lipinski definition) is 0. The van der Waals surface area contributed by atoms with Crippen LogP contribution in [0.5, 0.6) is 0 Å². The highest BCUT2D eigenvalue weighted by Crippen LogP contribution is 2.26. The van der Waals surface area contributed by atoms with E-state index in [-0.39, 0.29) is 11.7 Å². The molecule has 0 aliphatic heterocycles. The Morgan fingerprint density at radius 1 is 1.33 bits per heavy atom. The van der Waals surface area contributed by atoms with Gasteiger partial charge < -0.3 is 9.47 Å². The van der Waals surface area contributed by atoms with Crippen molar-refractivity contribution in [2.45, 2.75) is 39.4 Å². The fourth-order valence-corrected chi connectivity index (χ4v) is 1.77. The van der Waals surface area contributed by atoms with Gasteiger partial charge in [-0.3, -0.25) is 0 Å². The van der Waals surface area contributed by atoms with E-state index in [1.54, 1.807) is 12.1 Å². The molecule has 0 heterocycles. The highest BCUT2D eigenvalue weighted by molar-refractivity contribution is 5.91. The molecule has 0 N–H and O–H groups in total. The van der Waals surface area contributed by atoms with E-state index in [2.05, 4.69) is 6.58 Å². The van der Waals surface area contributed by atoms with Crippen molar-refractivity contribution < 1.29 is 14.3 Å². The van der Waals surface area contributed by atoms with Crippen LogP contribution in [0.2, 0.25) is 0 Å². The van der Waals surface area contributed by atoms with Crippen molar-refractivity contribution in [3.63, 3.8) is 0 Å². The van der Waals surface area contributed by atoms with Crippen LogP contribution in [0.25, 0.3) is 0 Å². The first-order chi connectivity index (χ1) is 8.35. The molecule has 0 bridgehead atoms. The average molecular weight is 248 g/mol.